The van der Waals surface area contributed by atoms with E-state index in [1.807, 2.05) is 31.1 Å². The molecule has 0 fully saturated rings. The van der Waals surface area contributed by atoms with E-state index in [9.17, 15) is 9.59 Å². The predicted molar refractivity (Wildman–Crippen MR) is 84.0 cm³/mol. The van der Waals surface area contributed by atoms with Gasteiger partial charge in [-0.05, 0) is 45.3 Å². The van der Waals surface area contributed by atoms with Gasteiger partial charge < -0.3 is 14.9 Å². The van der Waals surface area contributed by atoms with E-state index < -0.39 is 11.9 Å². The Bertz CT molecular complexity index is 483. The van der Waals surface area contributed by atoms with E-state index in [2.05, 4.69) is 4.90 Å². The van der Waals surface area contributed by atoms with Gasteiger partial charge >= 0.3 is 5.97 Å². The van der Waals surface area contributed by atoms with Crippen molar-refractivity contribution in [2.24, 2.45) is 5.92 Å². The zero-order valence-electron chi connectivity index (χ0n) is 13.2. The van der Waals surface area contributed by atoms with Crippen LogP contribution in [0.5, 0.6) is 0 Å². The van der Waals surface area contributed by atoms with Crippen molar-refractivity contribution in [3.05, 3.63) is 29.8 Å². The number of anilines is 1. The van der Waals surface area contributed by atoms with Crippen LogP contribution in [0.25, 0.3) is 0 Å². The molecule has 0 bridgehead atoms. The van der Waals surface area contributed by atoms with E-state index in [0.717, 1.165) is 18.8 Å². The molecule has 116 valence electrons. The lowest BCUT2D eigenvalue weighted by Gasteiger charge is -2.28. The van der Waals surface area contributed by atoms with Gasteiger partial charge in [-0.2, -0.15) is 0 Å². The van der Waals surface area contributed by atoms with Gasteiger partial charge in [-0.15, -0.1) is 0 Å². The van der Waals surface area contributed by atoms with Gasteiger partial charge in [0.2, 0.25) is 0 Å². The molecular weight excluding hydrogens is 268 g/mol. The minimum absolute atomic E-state index is 0.0281. The highest BCUT2D eigenvalue weighted by molar-refractivity contribution is 5.94. The molecule has 1 aromatic rings. The number of rotatable bonds is 8. The van der Waals surface area contributed by atoms with Gasteiger partial charge in [0.1, 0.15) is 0 Å². The Hall–Kier alpha value is -1.88. The van der Waals surface area contributed by atoms with Gasteiger partial charge in [0, 0.05) is 30.9 Å². The van der Waals surface area contributed by atoms with Crippen molar-refractivity contribution < 1.29 is 14.7 Å². The monoisotopic (exact) mass is 292 g/mol. The molecule has 0 saturated heterocycles. The van der Waals surface area contributed by atoms with E-state index in [1.165, 1.54) is 6.92 Å². The number of ketones is 1. The molecule has 0 amide bonds. The number of hydrogen-bond donors (Lipinski definition) is 1. The number of nitrogens with zero attached hydrogens (tertiary/aromatic N) is 2. The average Bonchev–Trinajstić information content (AvgIpc) is 2.42. The average molecular weight is 292 g/mol. The van der Waals surface area contributed by atoms with E-state index in [-0.39, 0.29) is 5.78 Å². The number of aliphatic carboxylic acids is 1. The molecule has 0 aliphatic carbocycles. The van der Waals surface area contributed by atoms with Crippen molar-refractivity contribution in [3.63, 3.8) is 0 Å². The number of carboxylic acids is 1. The predicted octanol–water partition coefficient (Wildman–Crippen LogP) is 1.98. The Morgan fingerprint density at radius 3 is 2.14 bits per heavy atom. The summed E-state index contributed by atoms with van der Waals surface area (Å²) in [6.07, 6.45) is 0. The minimum Gasteiger partial charge on any atom is -0.481 e. The standard InChI is InChI=1S/C16H24N2O3/c1-12(16(20)21)11-18(10-9-17(3)4)15-7-5-14(6-8-15)13(2)19/h5-8,12H,9-11H2,1-4H3,(H,20,21). The summed E-state index contributed by atoms with van der Waals surface area (Å²) in [6, 6.07) is 7.32. The highest BCUT2D eigenvalue weighted by atomic mass is 16.4. The first-order valence-corrected chi connectivity index (χ1v) is 7.04. The molecule has 5 nitrogen and oxygen atoms in total. The van der Waals surface area contributed by atoms with Crippen molar-refractivity contribution in [3.8, 4) is 0 Å². The maximum absolute atomic E-state index is 11.3. The van der Waals surface area contributed by atoms with Crippen molar-refractivity contribution in [2.75, 3.05) is 38.6 Å². The molecule has 0 aliphatic heterocycles. The largest absolute Gasteiger partial charge is 0.481 e. The Morgan fingerprint density at radius 1 is 1.14 bits per heavy atom. The number of benzene rings is 1. The third-order valence-electron chi connectivity index (χ3n) is 3.37. The fraction of sp³-hybridized carbons (Fsp3) is 0.500. The molecule has 0 aromatic heterocycles. The van der Waals surface area contributed by atoms with Crippen LogP contribution in [0.4, 0.5) is 5.69 Å². The zero-order valence-corrected chi connectivity index (χ0v) is 13.2. The van der Waals surface area contributed by atoms with Crippen LogP contribution in [-0.4, -0.2) is 55.5 Å². The normalized spacial score (nSPS) is 12.2. The minimum atomic E-state index is -0.801. The smallest absolute Gasteiger partial charge is 0.308 e. The Labute approximate surface area is 126 Å². The van der Waals surface area contributed by atoms with Crippen molar-refractivity contribution in [1.82, 2.24) is 4.90 Å². The first-order chi connectivity index (χ1) is 9.81. The van der Waals surface area contributed by atoms with Crippen LogP contribution >= 0.6 is 0 Å². The molecule has 21 heavy (non-hydrogen) atoms. The summed E-state index contributed by atoms with van der Waals surface area (Å²) in [5.74, 6) is -1.22. The summed E-state index contributed by atoms with van der Waals surface area (Å²) in [5.41, 5.74) is 1.60. The third kappa shape index (κ3) is 5.55. The van der Waals surface area contributed by atoms with Crippen molar-refractivity contribution in [1.29, 1.82) is 0 Å². The molecule has 1 atom stereocenters. The molecule has 1 aromatic carbocycles. The first-order valence-electron chi connectivity index (χ1n) is 7.04. The van der Waals surface area contributed by atoms with E-state index in [0.29, 0.717) is 12.1 Å². The van der Waals surface area contributed by atoms with Crippen LogP contribution in [0.2, 0.25) is 0 Å². The lowest BCUT2D eigenvalue weighted by atomic mass is 10.1. The number of carboxylic acid groups (broad SMARTS) is 1. The first kappa shape index (κ1) is 17.2. The molecular formula is C16H24N2O3. The quantitative estimate of drug-likeness (QED) is 0.742. The molecule has 0 aliphatic rings. The van der Waals surface area contributed by atoms with Crippen molar-refractivity contribution >= 4 is 17.4 Å². The second-order valence-electron chi connectivity index (χ2n) is 5.59. The van der Waals surface area contributed by atoms with Gasteiger partial charge in [-0.1, -0.05) is 6.92 Å². The van der Waals surface area contributed by atoms with Gasteiger partial charge in [0.25, 0.3) is 0 Å². The molecule has 1 rings (SSSR count). The van der Waals surface area contributed by atoms with Gasteiger partial charge in [0.15, 0.2) is 5.78 Å². The van der Waals surface area contributed by atoms with Gasteiger partial charge in [-0.3, -0.25) is 9.59 Å². The third-order valence-corrected chi connectivity index (χ3v) is 3.37. The lowest BCUT2D eigenvalue weighted by Crippen LogP contribution is -2.36. The van der Waals surface area contributed by atoms with Crippen LogP contribution in [0.15, 0.2) is 24.3 Å². The summed E-state index contributed by atoms with van der Waals surface area (Å²) in [4.78, 5) is 26.5. The van der Waals surface area contributed by atoms with Crippen molar-refractivity contribution in [2.45, 2.75) is 13.8 Å². The SMILES string of the molecule is CC(=O)c1ccc(N(CCN(C)C)CC(C)C(=O)O)cc1. The van der Waals surface area contributed by atoms with Crippen LogP contribution < -0.4 is 4.90 Å². The lowest BCUT2D eigenvalue weighted by molar-refractivity contribution is -0.140. The van der Waals surface area contributed by atoms with Crippen LogP contribution in [0.3, 0.4) is 0 Å². The maximum Gasteiger partial charge on any atom is 0.308 e. The van der Waals surface area contributed by atoms with Gasteiger partial charge in [-0.25, -0.2) is 0 Å². The Morgan fingerprint density at radius 2 is 1.71 bits per heavy atom. The number of Topliss-reactive ketones (excluding diaryl/α,β-unsaturated/α-hetero) is 1. The topological polar surface area (TPSA) is 60.9 Å². The summed E-state index contributed by atoms with van der Waals surface area (Å²) in [7, 11) is 3.97. The van der Waals surface area contributed by atoms with Crippen LogP contribution in [0, 0.1) is 5.92 Å². The molecule has 1 unspecified atom stereocenters. The number of carbonyl (C=O) groups is 2. The molecule has 0 radical (unpaired) electrons. The molecule has 0 spiro atoms. The van der Waals surface area contributed by atoms with Crippen LogP contribution in [-0.2, 0) is 4.79 Å². The fourth-order valence-corrected chi connectivity index (χ4v) is 1.96. The molecule has 5 heteroatoms. The van der Waals surface area contributed by atoms with E-state index in [1.54, 1.807) is 19.1 Å². The Balaban J connectivity index is 2.88. The van der Waals surface area contributed by atoms with Crippen LogP contribution in [0.1, 0.15) is 24.2 Å². The number of likely N-dealkylation sites (N-methyl/N-ethyl adjacent to an activating group) is 1. The second kappa shape index (κ2) is 7.78. The number of hydrogen-bond acceptors (Lipinski definition) is 4. The highest BCUT2D eigenvalue weighted by Crippen LogP contribution is 2.17. The molecule has 1 N–H and O–H groups in total. The van der Waals surface area contributed by atoms with E-state index >= 15 is 0 Å². The summed E-state index contributed by atoms with van der Waals surface area (Å²) < 4.78 is 0. The Kier molecular flexibility index (Phi) is 6.37. The zero-order chi connectivity index (χ0) is 16.0. The van der Waals surface area contributed by atoms with E-state index in [4.69, 9.17) is 5.11 Å². The number of carbonyl (C=O) groups excluding carboxylic acids is 1. The van der Waals surface area contributed by atoms with Gasteiger partial charge in [0.05, 0.1) is 5.92 Å². The second-order valence-corrected chi connectivity index (χ2v) is 5.59. The fourth-order valence-electron chi connectivity index (χ4n) is 1.96. The summed E-state index contributed by atoms with van der Waals surface area (Å²) >= 11 is 0. The summed E-state index contributed by atoms with van der Waals surface area (Å²) in [6.45, 7) is 5.26. The molecule has 0 saturated carbocycles. The maximum atomic E-state index is 11.3. The highest BCUT2D eigenvalue weighted by Gasteiger charge is 2.17. The molecule has 0 heterocycles. The summed E-state index contributed by atoms with van der Waals surface area (Å²) in [5, 5.41) is 9.09.